The van der Waals surface area contributed by atoms with Crippen molar-refractivity contribution in [1.82, 2.24) is 4.90 Å². The van der Waals surface area contributed by atoms with E-state index in [1.54, 1.807) is 36.4 Å². The van der Waals surface area contributed by atoms with Crippen molar-refractivity contribution < 1.29 is 13.2 Å². The highest BCUT2D eigenvalue weighted by Crippen LogP contribution is 2.27. The van der Waals surface area contributed by atoms with Crippen molar-refractivity contribution in [2.24, 2.45) is 0 Å². The Kier molecular flexibility index (Phi) is 6.30. The molecule has 1 aliphatic rings. The summed E-state index contributed by atoms with van der Waals surface area (Å²) in [6, 6.07) is 13.2. The van der Waals surface area contributed by atoms with Gasteiger partial charge < -0.3 is 4.90 Å². The van der Waals surface area contributed by atoms with E-state index in [1.165, 1.54) is 23.5 Å². The first-order valence-corrected chi connectivity index (χ1v) is 11.3. The molecule has 0 N–H and O–H groups in total. The van der Waals surface area contributed by atoms with Gasteiger partial charge in [-0.2, -0.15) is 0 Å². The number of hydrogen-bond donors (Lipinski definition) is 0. The van der Waals surface area contributed by atoms with Gasteiger partial charge in [-0.1, -0.05) is 36.6 Å². The lowest BCUT2D eigenvalue weighted by Gasteiger charge is -2.28. The minimum absolute atomic E-state index is 0.0864. The molecule has 0 heterocycles. The average Bonchev–Trinajstić information content (AvgIpc) is 3.22. The molecule has 5 nitrogen and oxygen atoms in total. The quantitative estimate of drug-likeness (QED) is 0.687. The molecule has 2 aromatic carbocycles. The van der Waals surface area contributed by atoms with Gasteiger partial charge in [-0.3, -0.25) is 9.10 Å². The van der Waals surface area contributed by atoms with Gasteiger partial charge in [-0.15, -0.1) is 0 Å². The number of rotatable bonds is 6. The molecule has 0 bridgehead atoms. The summed E-state index contributed by atoms with van der Waals surface area (Å²) in [4.78, 5) is 15.0. The first-order valence-electron chi connectivity index (χ1n) is 9.50. The van der Waals surface area contributed by atoms with Crippen molar-refractivity contribution in [2.75, 3.05) is 17.9 Å². The van der Waals surface area contributed by atoms with Gasteiger partial charge in [0, 0.05) is 30.2 Å². The van der Waals surface area contributed by atoms with Crippen molar-refractivity contribution in [2.45, 2.75) is 43.5 Å². The van der Waals surface area contributed by atoms with Crippen LogP contribution in [0.2, 0.25) is 5.02 Å². The summed E-state index contributed by atoms with van der Waals surface area (Å²) in [6.45, 7) is 2.58. The van der Waals surface area contributed by atoms with Crippen LogP contribution < -0.4 is 4.31 Å². The van der Waals surface area contributed by atoms with Crippen LogP contribution >= 0.6 is 11.6 Å². The summed E-state index contributed by atoms with van der Waals surface area (Å²) in [5, 5.41) is 0.457. The second kappa shape index (κ2) is 8.53. The summed E-state index contributed by atoms with van der Waals surface area (Å²) >= 11 is 5.99. The number of amides is 1. The molecule has 1 amide bonds. The molecular weight excluding hydrogens is 396 g/mol. The zero-order valence-electron chi connectivity index (χ0n) is 16.1. The van der Waals surface area contributed by atoms with Gasteiger partial charge in [0.2, 0.25) is 0 Å². The first kappa shape index (κ1) is 20.7. The van der Waals surface area contributed by atoms with Crippen molar-refractivity contribution >= 4 is 33.2 Å². The highest BCUT2D eigenvalue weighted by Gasteiger charge is 2.28. The van der Waals surface area contributed by atoms with E-state index >= 15 is 0 Å². The van der Waals surface area contributed by atoms with E-state index in [0.29, 0.717) is 22.8 Å². The van der Waals surface area contributed by atoms with Crippen molar-refractivity contribution in [3.63, 3.8) is 0 Å². The van der Waals surface area contributed by atoms with E-state index in [9.17, 15) is 13.2 Å². The summed E-state index contributed by atoms with van der Waals surface area (Å²) in [7, 11) is -2.33. The Balaban J connectivity index is 1.90. The second-order valence-electron chi connectivity index (χ2n) is 7.01. The Bertz CT molecular complexity index is 956. The number of benzene rings is 2. The zero-order valence-corrected chi connectivity index (χ0v) is 17.7. The minimum atomic E-state index is -3.81. The molecule has 1 aliphatic carbocycles. The molecule has 1 saturated carbocycles. The normalized spacial score (nSPS) is 14.8. The van der Waals surface area contributed by atoms with Crippen LogP contribution in [0.4, 0.5) is 5.69 Å². The molecule has 150 valence electrons. The van der Waals surface area contributed by atoms with Crippen LogP contribution in [0.1, 0.15) is 43.0 Å². The number of nitrogens with zero attached hydrogens (tertiary/aromatic N) is 2. The maximum atomic E-state index is 13.1. The lowest BCUT2D eigenvalue weighted by molar-refractivity contribution is 0.0693. The lowest BCUT2D eigenvalue weighted by atomic mass is 10.1. The van der Waals surface area contributed by atoms with E-state index in [2.05, 4.69) is 0 Å². The van der Waals surface area contributed by atoms with Crippen molar-refractivity contribution in [3.05, 3.63) is 59.1 Å². The Morgan fingerprint density at radius 3 is 2.43 bits per heavy atom. The smallest absolute Gasteiger partial charge is 0.264 e. The van der Waals surface area contributed by atoms with Crippen LogP contribution in [0.3, 0.4) is 0 Å². The van der Waals surface area contributed by atoms with E-state index in [1.807, 2.05) is 11.8 Å². The largest absolute Gasteiger partial charge is 0.336 e. The molecule has 0 aliphatic heterocycles. The van der Waals surface area contributed by atoms with Gasteiger partial charge in [0.15, 0.2) is 0 Å². The zero-order chi connectivity index (χ0) is 20.3. The Morgan fingerprint density at radius 1 is 1.11 bits per heavy atom. The summed E-state index contributed by atoms with van der Waals surface area (Å²) in [6.07, 6.45) is 4.28. The molecule has 0 saturated heterocycles. The van der Waals surface area contributed by atoms with Gasteiger partial charge in [0.1, 0.15) is 0 Å². The number of sulfonamides is 1. The Morgan fingerprint density at radius 2 is 1.79 bits per heavy atom. The summed E-state index contributed by atoms with van der Waals surface area (Å²) in [5.41, 5.74) is 0.861. The molecule has 7 heteroatoms. The standard InChI is InChI=1S/C21H25ClN2O3S/c1-3-24(18-10-4-5-11-18)21(25)16-8-6-13-20(14-16)28(26,27)23(2)19-12-7-9-17(22)15-19/h6-9,12-15,18H,3-5,10-11H2,1-2H3. The number of carbonyl (C=O) groups is 1. The molecule has 0 aromatic heterocycles. The van der Waals surface area contributed by atoms with Crippen LogP contribution in [0.15, 0.2) is 53.4 Å². The van der Waals surface area contributed by atoms with Crippen molar-refractivity contribution in [1.29, 1.82) is 0 Å². The van der Waals surface area contributed by atoms with Crippen LogP contribution in [0, 0.1) is 0 Å². The highest BCUT2D eigenvalue weighted by molar-refractivity contribution is 7.92. The monoisotopic (exact) mass is 420 g/mol. The molecular formula is C21H25ClN2O3S. The molecule has 0 spiro atoms. The van der Waals surface area contributed by atoms with Gasteiger partial charge in [-0.05, 0) is 56.2 Å². The van der Waals surface area contributed by atoms with Gasteiger partial charge >= 0.3 is 0 Å². The Labute approximate surface area is 172 Å². The lowest BCUT2D eigenvalue weighted by Crippen LogP contribution is -2.38. The predicted molar refractivity (Wildman–Crippen MR) is 112 cm³/mol. The third-order valence-electron chi connectivity index (χ3n) is 5.28. The van der Waals surface area contributed by atoms with Crippen molar-refractivity contribution in [3.8, 4) is 0 Å². The number of carbonyl (C=O) groups excluding carboxylic acids is 1. The average molecular weight is 421 g/mol. The van der Waals surface area contributed by atoms with Gasteiger partial charge in [-0.25, -0.2) is 8.42 Å². The molecule has 2 aromatic rings. The number of halogens is 1. The topological polar surface area (TPSA) is 57.7 Å². The minimum Gasteiger partial charge on any atom is -0.336 e. The van der Waals surface area contributed by atoms with Crippen LogP contribution in [0.5, 0.6) is 0 Å². The Hall–Kier alpha value is -2.05. The number of hydrogen-bond acceptors (Lipinski definition) is 3. The van der Waals surface area contributed by atoms with E-state index in [-0.39, 0.29) is 16.8 Å². The van der Waals surface area contributed by atoms with Gasteiger partial charge in [0.25, 0.3) is 15.9 Å². The summed E-state index contributed by atoms with van der Waals surface area (Å²) in [5.74, 6) is -0.114. The third-order valence-corrected chi connectivity index (χ3v) is 7.29. The first-order chi connectivity index (χ1) is 13.3. The predicted octanol–water partition coefficient (Wildman–Crippen LogP) is 4.57. The highest BCUT2D eigenvalue weighted by atomic mass is 35.5. The fourth-order valence-corrected chi connectivity index (χ4v) is 5.13. The summed E-state index contributed by atoms with van der Waals surface area (Å²) < 4.78 is 27.3. The number of anilines is 1. The molecule has 0 radical (unpaired) electrons. The fourth-order valence-electron chi connectivity index (χ4n) is 3.71. The maximum Gasteiger partial charge on any atom is 0.264 e. The fraction of sp³-hybridized carbons (Fsp3) is 0.381. The molecule has 0 unspecified atom stereocenters. The molecule has 0 atom stereocenters. The van der Waals surface area contributed by atoms with Crippen LogP contribution in [0.25, 0.3) is 0 Å². The second-order valence-corrected chi connectivity index (χ2v) is 9.42. The van der Waals surface area contributed by atoms with E-state index in [0.717, 1.165) is 25.7 Å². The van der Waals surface area contributed by atoms with E-state index in [4.69, 9.17) is 11.6 Å². The third kappa shape index (κ3) is 4.18. The molecule has 3 rings (SSSR count). The molecule has 1 fully saturated rings. The SMILES string of the molecule is CCN(C(=O)c1cccc(S(=O)(=O)N(C)c2cccc(Cl)c2)c1)C1CCCC1. The van der Waals surface area contributed by atoms with Gasteiger partial charge in [0.05, 0.1) is 10.6 Å². The van der Waals surface area contributed by atoms with Crippen LogP contribution in [-0.4, -0.2) is 38.9 Å². The van der Waals surface area contributed by atoms with E-state index < -0.39 is 10.0 Å². The molecule has 28 heavy (non-hydrogen) atoms. The van der Waals surface area contributed by atoms with Crippen LogP contribution in [-0.2, 0) is 10.0 Å². The maximum absolute atomic E-state index is 13.1.